The molecule has 1 N–H and O–H groups in total. The van der Waals surface area contributed by atoms with Gasteiger partial charge in [0.05, 0.1) is 16.8 Å². The predicted molar refractivity (Wildman–Crippen MR) is 87.5 cm³/mol. The van der Waals surface area contributed by atoms with Crippen molar-refractivity contribution in [2.75, 3.05) is 11.9 Å². The fraction of sp³-hybridized carbons (Fsp3) is 0.125. The van der Waals surface area contributed by atoms with Crippen molar-refractivity contribution >= 4 is 33.3 Å². The van der Waals surface area contributed by atoms with Gasteiger partial charge in [0.2, 0.25) is 0 Å². The number of para-hydroxylation sites is 2. The van der Waals surface area contributed by atoms with E-state index in [1.54, 1.807) is 16.7 Å². The molecule has 2 aromatic carbocycles. The third-order valence-corrected chi connectivity index (χ3v) is 4.10. The highest BCUT2D eigenvalue weighted by molar-refractivity contribution is 7.16. The summed E-state index contributed by atoms with van der Waals surface area (Å²) in [5, 5.41) is 2.63. The molecule has 0 aliphatic heterocycles. The second-order valence-electron chi connectivity index (χ2n) is 4.61. The Labute approximate surface area is 130 Å². The topological polar surface area (TPSA) is 60.3 Å². The summed E-state index contributed by atoms with van der Waals surface area (Å²) >= 11 is 1.19. The van der Waals surface area contributed by atoms with E-state index in [0.29, 0.717) is 12.2 Å². The molecule has 112 valence electrons. The van der Waals surface area contributed by atoms with Crippen LogP contribution in [0, 0.1) is 0 Å². The number of ether oxygens (including phenoxy) is 1. The predicted octanol–water partition coefficient (Wildman–Crippen LogP) is 3.31. The minimum Gasteiger partial charge on any atom is -0.447 e. The number of amides is 1. The molecule has 0 bridgehead atoms. The van der Waals surface area contributed by atoms with Crippen LogP contribution in [0.3, 0.4) is 0 Å². The van der Waals surface area contributed by atoms with Gasteiger partial charge in [-0.2, -0.15) is 0 Å². The number of hydrogen-bond acceptors (Lipinski definition) is 4. The molecular formula is C16H14N2O3S. The Balaban J connectivity index is 1.59. The van der Waals surface area contributed by atoms with Crippen molar-refractivity contribution in [2.24, 2.45) is 0 Å². The number of nitrogens with zero attached hydrogens (tertiary/aromatic N) is 1. The fourth-order valence-corrected chi connectivity index (χ4v) is 3.05. The number of fused-ring (bicyclic) bond motifs is 1. The van der Waals surface area contributed by atoms with E-state index in [2.05, 4.69) is 5.32 Å². The number of hydrogen-bond donors (Lipinski definition) is 1. The zero-order valence-electron chi connectivity index (χ0n) is 11.7. The molecule has 0 spiro atoms. The Morgan fingerprint density at radius 3 is 2.64 bits per heavy atom. The summed E-state index contributed by atoms with van der Waals surface area (Å²) in [7, 11) is 0. The maximum absolute atomic E-state index is 11.9. The van der Waals surface area contributed by atoms with Crippen molar-refractivity contribution in [1.82, 2.24) is 4.57 Å². The van der Waals surface area contributed by atoms with Gasteiger partial charge in [0.25, 0.3) is 0 Å². The normalized spacial score (nSPS) is 10.5. The van der Waals surface area contributed by atoms with E-state index in [4.69, 9.17) is 4.74 Å². The molecule has 3 rings (SSSR count). The monoisotopic (exact) mass is 314 g/mol. The summed E-state index contributed by atoms with van der Waals surface area (Å²) in [5.41, 5.74) is 1.54. The standard InChI is InChI=1S/C16H14N2O3S/c19-15(17-12-6-2-1-3-7-12)21-11-10-18-13-8-4-5-9-14(13)22-16(18)20/h1-9H,10-11H2,(H,17,19). The number of anilines is 1. The molecule has 1 heterocycles. The molecule has 0 unspecified atom stereocenters. The summed E-state index contributed by atoms with van der Waals surface area (Å²) in [6.45, 7) is 0.477. The van der Waals surface area contributed by atoms with Gasteiger partial charge in [0.1, 0.15) is 6.61 Å². The minimum atomic E-state index is -0.529. The lowest BCUT2D eigenvalue weighted by Crippen LogP contribution is -2.20. The van der Waals surface area contributed by atoms with Gasteiger partial charge in [0.15, 0.2) is 0 Å². The summed E-state index contributed by atoms with van der Waals surface area (Å²) < 4.78 is 7.67. The molecule has 1 aromatic heterocycles. The van der Waals surface area contributed by atoms with Crippen LogP contribution in [0.4, 0.5) is 10.5 Å². The van der Waals surface area contributed by atoms with Crippen molar-refractivity contribution in [1.29, 1.82) is 0 Å². The van der Waals surface area contributed by atoms with Crippen molar-refractivity contribution < 1.29 is 9.53 Å². The largest absolute Gasteiger partial charge is 0.447 e. The number of carbonyl (C=O) groups excluding carboxylic acids is 1. The SMILES string of the molecule is O=C(Nc1ccccc1)OCCn1c(=O)sc2ccccc21. The number of nitrogens with one attached hydrogen (secondary N) is 1. The highest BCUT2D eigenvalue weighted by atomic mass is 32.1. The van der Waals surface area contributed by atoms with E-state index in [0.717, 1.165) is 10.2 Å². The fourth-order valence-electron chi connectivity index (χ4n) is 2.13. The van der Waals surface area contributed by atoms with Gasteiger partial charge in [-0.25, -0.2) is 4.79 Å². The molecule has 0 saturated heterocycles. The average molecular weight is 314 g/mol. The van der Waals surface area contributed by atoms with Crippen molar-refractivity contribution in [3.05, 3.63) is 64.3 Å². The lowest BCUT2D eigenvalue weighted by molar-refractivity contribution is 0.157. The van der Waals surface area contributed by atoms with E-state index >= 15 is 0 Å². The number of rotatable bonds is 4. The van der Waals surface area contributed by atoms with Crippen LogP contribution >= 0.6 is 11.3 Å². The van der Waals surface area contributed by atoms with Crippen LogP contribution in [0.25, 0.3) is 10.2 Å². The van der Waals surface area contributed by atoms with Gasteiger partial charge < -0.3 is 4.74 Å². The van der Waals surface area contributed by atoms with Crippen LogP contribution in [-0.2, 0) is 11.3 Å². The molecule has 3 aromatic rings. The Hall–Kier alpha value is -2.60. The molecule has 0 atom stereocenters. The van der Waals surface area contributed by atoms with Crippen molar-refractivity contribution in [2.45, 2.75) is 6.54 Å². The second-order valence-corrected chi connectivity index (χ2v) is 5.61. The minimum absolute atomic E-state index is 0.0479. The highest BCUT2D eigenvalue weighted by Crippen LogP contribution is 2.16. The first kappa shape index (κ1) is 14.3. The zero-order chi connectivity index (χ0) is 15.4. The van der Waals surface area contributed by atoms with Gasteiger partial charge >= 0.3 is 11.0 Å². The summed E-state index contributed by atoms with van der Waals surface area (Å²) in [4.78, 5) is 23.6. The van der Waals surface area contributed by atoms with Crippen LogP contribution in [0.2, 0.25) is 0 Å². The first-order chi connectivity index (χ1) is 10.7. The number of carbonyl (C=O) groups is 1. The Kier molecular flexibility index (Phi) is 4.20. The molecule has 22 heavy (non-hydrogen) atoms. The third-order valence-electron chi connectivity index (χ3n) is 3.14. The summed E-state index contributed by atoms with van der Waals surface area (Å²) in [5.74, 6) is 0. The van der Waals surface area contributed by atoms with Crippen LogP contribution in [0.5, 0.6) is 0 Å². The molecule has 6 heteroatoms. The molecule has 0 saturated carbocycles. The maximum atomic E-state index is 11.9. The molecule has 0 radical (unpaired) electrons. The number of benzene rings is 2. The lowest BCUT2D eigenvalue weighted by Gasteiger charge is -2.07. The van der Waals surface area contributed by atoms with Gasteiger partial charge in [0, 0.05) is 5.69 Å². The molecular weight excluding hydrogens is 300 g/mol. The van der Waals surface area contributed by atoms with Gasteiger partial charge in [-0.3, -0.25) is 14.7 Å². The van der Waals surface area contributed by atoms with Crippen LogP contribution in [0.1, 0.15) is 0 Å². The maximum Gasteiger partial charge on any atom is 0.411 e. The van der Waals surface area contributed by atoms with Gasteiger partial charge in [-0.05, 0) is 24.3 Å². The molecule has 5 nitrogen and oxygen atoms in total. The Morgan fingerprint density at radius 1 is 1.09 bits per heavy atom. The van der Waals surface area contributed by atoms with Gasteiger partial charge in [-0.1, -0.05) is 41.7 Å². The smallest absolute Gasteiger partial charge is 0.411 e. The van der Waals surface area contributed by atoms with Crippen molar-refractivity contribution in [3.8, 4) is 0 Å². The van der Waals surface area contributed by atoms with Crippen LogP contribution in [0.15, 0.2) is 59.4 Å². The highest BCUT2D eigenvalue weighted by Gasteiger charge is 2.08. The number of thiazole rings is 1. The van der Waals surface area contributed by atoms with E-state index in [1.807, 2.05) is 42.5 Å². The molecule has 0 aliphatic carbocycles. The number of aromatic nitrogens is 1. The van der Waals surface area contributed by atoms with E-state index in [9.17, 15) is 9.59 Å². The van der Waals surface area contributed by atoms with E-state index < -0.39 is 6.09 Å². The van der Waals surface area contributed by atoms with Crippen LogP contribution in [-0.4, -0.2) is 17.3 Å². The Bertz CT molecular complexity index is 839. The van der Waals surface area contributed by atoms with E-state index in [-0.39, 0.29) is 11.5 Å². The molecule has 1 amide bonds. The Morgan fingerprint density at radius 2 is 1.82 bits per heavy atom. The van der Waals surface area contributed by atoms with Crippen LogP contribution < -0.4 is 10.2 Å². The van der Waals surface area contributed by atoms with E-state index in [1.165, 1.54) is 11.3 Å². The van der Waals surface area contributed by atoms with Crippen molar-refractivity contribution in [3.63, 3.8) is 0 Å². The summed E-state index contributed by atoms with van der Waals surface area (Å²) in [6.07, 6.45) is -0.529. The summed E-state index contributed by atoms with van der Waals surface area (Å²) in [6, 6.07) is 16.6. The quantitative estimate of drug-likeness (QED) is 0.803. The third kappa shape index (κ3) is 3.17. The second kappa shape index (κ2) is 6.44. The average Bonchev–Trinajstić information content (AvgIpc) is 2.84. The lowest BCUT2D eigenvalue weighted by atomic mass is 10.3. The van der Waals surface area contributed by atoms with Gasteiger partial charge in [-0.15, -0.1) is 0 Å². The zero-order valence-corrected chi connectivity index (χ0v) is 12.5. The molecule has 0 aliphatic rings. The molecule has 0 fully saturated rings. The first-order valence-electron chi connectivity index (χ1n) is 6.81. The first-order valence-corrected chi connectivity index (χ1v) is 7.63.